The van der Waals surface area contributed by atoms with Gasteiger partial charge in [0.25, 0.3) is 5.91 Å². The van der Waals surface area contributed by atoms with Gasteiger partial charge in [-0.2, -0.15) is 0 Å². The van der Waals surface area contributed by atoms with Gasteiger partial charge in [-0.3, -0.25) is 14.1 Å². The van der Waals surface area contributed by atoms with Crippen molar-refractivity contribution in [2.45, 2.75) is 97.6 Å². The van der Waals surface area contributed by atoms with Gasteiger partial charge in [-0.1, -0.05) is 38.3 Å². The average Bonchev–Trinajstić information content (AvgIpc) is 3.73. The van der Waals surface area contributed by atoms with Crippen LogP contribution >= 0.6 is 0 Å². The van der Waals surface area contributed by atoms with Gasteiger partial charge in [0.15, 0.2) is 17.3 Å². The molecule has 3 aromatic rings. The zero-order valence-corrected chi connectivity index (χ0v) is 27.6. The molecule has 2 saturated carbocycles. The molecule has 2 aromatic heterocycles. The molecular formula is C35H50N6O4. The molecule has 0 spiro atoms. The Balaban J connectivity index is 1.51. The quantitative estimate of drug-likeness (QED) is 0.197. The smallest absolute Gasteiger partial charge is 0.416 e. The van der Waals surface area contributed by atoms with E-state index in [1.54, 1.807) is 4.90 Å². The monoisotopic (exact) mass is 618 g/mol. The largest absolute Gasteiger partial charge is 0.443 e. The molecule has 1 unspecified atom stereocenters. The zero-order chi connectivity index (χ0) is 32.0. The summed E-state index contributed by atoms with van der Waals surface area (Å²) in [6.45, 7) is 12.5. The number of amides is 2. The zero-order valence-electron chi connectivity index (χ0n) is 27.6. The fourth-order valence-corrected chi connectivity index (χ4v) is 5.73. The highest BCUT2D eigenvalue weighted by atomic mass is 16.6. The Labute approximate surface area is 267 Å². The molecule has 1 atom stereocenters. The Hall–Kier alpha value is -3.66. The Morgan fingerprint density at radius 1 is 1.09 bits per heavy atom. The van der Waals surface area contributed by atoms with Gasteiger partial charge in [0, 0.05) is 43.5 Å². The highest BCUT2D eigenvalue weighted by Gasteiger charge is 2.29. The predicted octanol–water partition coefficient (Wildman–Crippen LogP) is 7.08. The number of rotatable bonds is 13. The van der Waals surface area contributed by atoms with Crippen molar-refractivity contribution >= 4 is 29.3 Å². The van der Waals surface area contributed by atoms with Crippen LogP contribution in [0.25, 0.3) is 16.9 Å². The molecule has 2 heterocycles. The summed E-state index contributed by atoms with van der Waals surface area (Å²) in [5.41, 5.74) is 2.42. The van der Waals surface area contributed by atoms with Crippen LogP contribution in [0.1, 0.15) is 96.3 Å². The van der Waals surface area contributed by atoms with Crippen molar-refractivity contribution in [1.29, 1.82) is 0 Å². The van der Waals surface area contributed by atoms with Crippen molar-refractivity contribution in [3.63, 3.8) is 0 Å². The average molecular weight is 619 g/mol. The number of anilines is 2. The molecule has 1 aromatic carbocycles. The van der Waals surface area contributed by atoms with Crippen LogP contribution in [-0.2, 0) is 9.47 Å². The molecule has 0 saturated heterocycles. The molecule has 2 aliphatic carbocycles. The summed E-state index contributed by atoms with van der Waals surface area (Å²) >= 11 is 0. The van der Waals surface area contributed by atoms with Crippen LogP contribution in [0.3, 0.4) is 0 Å². The standard InChI is InChI=1S/C35H50N6O4/c1-6-44-19-18-24(2)20-36-31-32-37-21-29(26-12-14-27(15-13-26)33(42)38-28-16-17-28)40(32)23-30(39-31)41(34(43)45-35(3,4)5)22-25-10-8-7-9-11-25/h12-15,21,23-25,28H,6-11,16-20,22H2,1-5H3,(H,36,39)(H,38,42). The topological polar surface area (TPSA) is 110 Å². The third kappa shape index (κ3) is 8.96. The summed E-state index contributed by atoms with van der Waals surface area (Å²) in [4.78, 5) is 37.8. The Morgan fingerprint density at radius 3 is 2.49 bits per heavy atom. The molecule has 10 nitrogen and oxygen atoms in total. The highest BCUT2D eigenvalue weighted by Crippen LogP contribution is 2.31. The number of carbonyl (C=O) groups is 2. The summed E-state index contributed by atoms with van der Waals surface area (Å²) in [5.74, 6) is 1.81. The van der Waals surface area contributed by atoms with E-state index in [2.05, 4.69) is 17.6 Å². The predicted molar refractivity (Wildman–Crippen MR) is 178 cm³/mol. The van der Waals surface area contributed by atoms with Gasteiger partial charge in [-0.05, 0) is 83.8 Å². The number of fused-ring (bicyclic) bond motifs is 1. The van der Waals surface area contributed by atoms with E-state index in [9.17, 15) is 9.59 Å². The molecule has 0 aliphatic heterocycles. The van der Waals surface area contributed by atoms with Gasteiger partial charge in [-0.25, -0.2) is 14.8 Å². The van der Waals surface area contributed by atoms with E-state index >= 15 is 0 Å². The third-order valence-electron chi connectivity index (χ3n) is 8.47. The first kappa shape index (κ1) is 32.7. The van der Waals surface area contributed by atoms with E-state index in [4.69, 9.17) is 19.4 Å². The number of aromatic nitrogens is 3. The number of hydrogen-bond acceptors (Lipinski definition) is 7. The second kappa shape index (κ2) is 14.6. The summed E-state index contributed by atoms with van der Waals surface area (Å²) in [5, 5.41) is 6.58. The lowest BCUT2D eigenvalue weighted by molar-refractivity contribution is 0.0570. The maximum absolute atomic E-state index is 13.7. The number of hydrogen-bond donors (Lipinski definition) is 2. The second-order valence-corrected chi connectivity index (χ2v) is 13.7. The second-order valence-electron chi connectivity index (χ2n) is 13.7. The van der Waals surface area contributed by atoms with Crippen LogP contribution in [0.5, 0.6) is 0 Å². The van der Waals surface area contributed by atoms with Crippen LogP contribution in [0.15, 0.2) is 36.7 Å². The normalized spacial score (nSPS) is 16.4. The van der Waals surface area contributed by atoms with Gasteiger partial charge in [0.1, 0.15) is 5.60 Å². The lowest BCUT2D eigenvalue weighted by Gasteiger charge is -2.31. The SMILES string of the molecule is CCOCCC(C)CNc1nc(N(CC2CCCCC2)C(=O)OC(C)(C)C)cn2c(-c3ccc(C(=O)NC4CC4)cc3)cnc12. The molecule has 0 radical (unpaired) electrons. The minimum Gasteiger partial charge on any atom is -0.443 e. The van der Waals surface area contributed by atoms with Gasteiger partial charge < -0.3 is 20.1 Å². The number of ether oxygens (including phenoxy) is 2. The number of nitrogens with one attached hydrogen (secondary N) is 2. The fourth-order valence-electron chi connectivity index (χ4n) is 5.73. The van der Waals surface area contributed by atoms with Crippen molar-refractivity contribution in [2.24, 2.45) is 11.8 Å². The maximum Gasteiger partial charge on any atom is 0.416 e. The minimum atomic E-state index is -0.642. The summed E-state index contributed by atoms with van der Waals surface area (Å²) in [6, 6.07) is 7.90. The van der Waals surface area contributed by atoms with E-state index in [0.717, 1.165) is 43.4 Å². The van der Waals surface area contributed by atoms with Gasteiger partial charge in [-0.15, -0.1) is 0 Å². The van der Waals surface area contributed by atoms with Crippen LogP contribution in [-0.4, -0.2) is 64.3 Å². The van der Waals surface area contributed by atoms with Crippen LogP contribution < -0.4 is 15.5 Å². The molecule has 2 fully saturated rings. The van der Waals surface area contributed by atoms with Crippen LogP contribution in [0, 0.1) is 11.8 Å². The van der Waals surface area contributed by atoms with Crippen molar-refractivity contribution in [3.8, 4) is 11.3 Å². The van der Waals surface area contributed by atoms with Crippen molar-refractivity contribution < 1.29 is 19.1 Å². The molecule has 2 N–H and O–H groups in total. The number of imidazole rings is 1. The maximum atomic E-state index is 13.7. The fraction of sp³-hybridized carbons (Fsp3) is 0.600. The lowest BCUT2D eigenvalue weighted by Crippen LogP contribution is -2.41. The molecule has 45 heavy (non-hydrogen) atoms. The Kier molecular flexibility index (Phi) is 10.6. The minimum absolute atomic E-state index is 0.0469. The van der Waals surface area contributed by atoms with E-state index in [0.29, 0.717) is 67.0 Å². The summed E-state index contributed by atoms with van der Waals surface area (Å²) < 4.78 is 13.5. The molecule has 5 rings (SSSR count). The lowest BCUT2D eigenvalue weighted by atomic mass is 9.89. The first-order valence-electron chi connectivity index (χ1n) is 16.7. The van der Waals surface area contributed by atoms with E-state index < -0.39 is 11.7 Å². The number of benzene rings is 1. The molecule has 2 aliphatic rings. The van der Waals surface area contributed by atoms with Gasteiger partial charge >= 0.3 is 6.09 Å². The Bertz CT molecular complexity index is 1440. The molecule has 2 amide bonds. The summed E-state index contributed by atoms with van der Waals surface area (Å²) in [7, 11) is 0. The van der Waals surface area contributed by atoms with Gasteiger partial charge in [0.2, 0.25) is 0 Å². The van der Waals surface area contributed by atoms with E-state index in [-0.39, 0.29) is 5.91 Å². The first-order chi connectivity index (χ1) is 21.6. The van der Waals surface area contributed by atoms with Crippen molar-refractivity contribution in [2.75, 3.05) is 36.5 Å². The van der Waals surface area contributed by atoms with Crippen LogP contribution in [0.4, 0.5) is 16.4 Å². The van der Waals surface area contributed by atoms with Crippen molar-refractivity contribution in [1.82, 2.24) is 19.7 Å². The van der Waals surface area contributed by atoms with E-state index in [1.165, 1.54) is 19.3 Å². The molecule has 0 bridgehead atoms. The van der Waals surface area contributed by atoms with E-state index in [1.807, 2.05) is 68.8 Å². The molecule has 244 valence electrons. The number of carbonyl (C=O) groups excluding carboxylic acids is 2. The molecular weight excluding hydrogens is 568 g/mol. The highest BCUT2D eigenvalue weighted by molar-refractivity contribution is 5.95. The van der Waals surface area contributed by atoms with Crippen molar-refractivity contribution in [3.05, 3.63) is 42.2 Å². The third-order valence-corrected chi connectivity index (χ3v) is 8.47. The first-order valence-corrected chi connectivity index (χ1v) is 16.7. The Morgan fingerprint density at radius 2 is 1.82 bits per heavy atom. The number of nitrogens with zero attached hydrogens (tertiary/aromatic N) is 4. The van der Waals surface area contributed by atoms with Crippen LogP contribution in [0.2, 0.25) is 0 Å². The molecule has 10 heteroatoms. The summed E-state index contributed by atoms with van der Waals surface area (Å²) in [6.07, 6.45) is 12.1. The van der Waals surface area contributed by atoms with Gasteiger partial charge in [0.05, 0.1) is 18.1 Å².